The van der Waals surface area contributed by atoms with E-state index < -0.39 is 8.25 Å². The maximum Gasteiger partial charge on any atom is 0.366 e. The second-order valence-corrected chi connectivity index (χ2v) is 3.75. The molecule has 1 aromatic rings. The lowest BCUT2D eigenvalue weighted by atomic mass is 10.1. The predicted molar refractivity (Wildman–Crippen MR) is 55.2 cm³/mol. The molecule has 1 unspecified atom stereocenters. The molecule has 3 nitrogen and oxygen atoms in total. The maximum atomic E-state index is 10.2. The molecule has 14 heavy (non-hydrogen) atoms. The lowest BCUT2D eigenvalue weighted by Gasteiger charge is -2.00. The second-order valence-electron chi connectivity index (χ2n) is 3.01. The number of unbranched alkanes of at least 4 members (excludes halogenated alkanes) is 1. The van der Waals surface area contributed by atoms with E-state index in [1.54, 1.807) is 0 Å². The lowest BCUT2D eigenvalue weighted by molar-refractivity contribution is 0.275. The van der Waals surface area contributed by atoms with Gasteiger partial charge >= 0.3 is 8.25 Å². The Kier molecular flexibility index (Phi) is 5.38. The fourth-order valence-corrected chi connectivity index (χ4v) is 1.50. The van der Waals surface area contributed by atoms with E-state index in [-0.39, 0.29) is 0 Å². The van der Waals surface area contributed by atoms with Crippen molar-refractivity contribution in [2.75, 3.05) is 6.61 Å². The summed E-state index contributed by atoms with van der Waals surface area (Å²) >= 11 is 0. The van der Waals surface area contributed by atoms with Gasteiger partial charge in [-0.2, -0.15) is 0 Å². The van der Waals surface area contributed by atoms with E-state index in [0.717, 1.165) is 19.3 Å². The smallest absolute Gasteiger partial charge is 0.298 e. The molecule has 0 amide bonds. The van der Waals surface area contributed by atoms with Crippen LogP contribution in [0.3, 0.4) is 0 Å². The average Bonchev–Trinajstić information content (AvgIpc) is 2.18. The van der Waals surface area contributed by atoms with Gasteiger partial charge in [-0.25, -0.2) is 4.57 Å². The summed E-state index contributed by atoms with van der Waals surface area (Å²) in [4.78, 5) is 8.36. The fourth-order valence-electron chi connectivity index (χ4n) is 1.22. The Hall–Kier alpha value is -0.760. The molecule has 1 aromatic carbocycles. The van der Waals surface area contributed by atoms with Gasteiger partial charge in [0, 0.05) is 0 Å². The Morgan fingerprint density at radius 3 is 2.57 bits per heavy atom. The zero-order valence-corrected chi connectivity index (χ0v) is 8.82. The first-order valence-electron chi connectivity index (χ1n) is 4.62. The minimum absolute atomic E-state index is 0.360. The summed E-state index contributed by atoms with van der Waals surface area (Å²) in [5, 5.41) is 0. The third-order valence-corrected chi connectivity index (χ3v) is 2.31. The molecule has 1 rings (SSSR count). The highest BCUT2D eigenvalue weighted by atomic mass is 31.1. The summed E-state index contributed by atoms with van der Waals surface area (Å²) in [5.74, 6) is 0. The second kappa shape index (κ2) is 6.66. The highest BCUT2D eigenvalue weighted by Crippen LogP contribution is 2.15. The summed E-state index contributed by atoms with van der Waals surface area (Å²) in [7, 11) is -2.42. The summed E-state index contributed by atoms with van der Waals surface area (Å²) in [6, 6.07) is 10.2. The summed E-state index contributed by atoms with van der Waals surface area (Å²) in [5.41, 5.74) is 1.29. The SMILES string of the molecule is O=[P](O)OCCCCc1ccccc1. The fraction of sp³-hybridized carbons (Fsp3) is 0.400. The first-order valence-corrected chi connectivity index (χ1v) is 5.75. The third-order valence-electron chi connectivity index (χ3n) is 1.90. The molecule has 0 fully saturated rings. The summed E-state index contributed by atoms with van der Waals surface area (Å²) < 4.78 is 14.7. The van der Waals surface area contributed by atoms with E-state index in [2.05, 4.69) is 16.7 Å². The van der Waals surface area contributed by atoms with E-state index in [1.165, 1.54) is 5.56 Å². The Bertz CT molecular complexity index is 274. The lowest BCUT2D eigenvalue weighted by Crippen LogP contribution is -1.90. The first kappa shape index (κ1) is 11.3. The molecule has 0 aliphatic carbocycles. The van der Waals surface area contributed by atoms with Crippen molar-refractivity contribution in [3.8, 4) is 0 Å². The van der Waals surface area contributed by atoms with Gasteiger partial charge in [-0.1, -0.05) is 30.3 Å². The van der Waals surface area contributed by atoms with E-state index in [1.807, 2.05) is 18.2 Å². The summed E-state index contributed by atoms with van der Waals surface area (Å²) in [6.07, 6.45) is 2.79. The molecular formula is C10H14O3P. The van der Waals surface area contributed by atoms with Crippen molar-refractivity contribution < 1.29 is 14.0 Å². The predicted octanol–water partition coefficient (Wildman–Crippen LogP) is 2.68. The van der Waals surface area contributed by atoms with Gasteiger partial charge in [0.25, 0.3) is 0 Å². The molecule has 4 heteroatoms. The Labute approximate surface area is 84.7 Å². The van der Waals surface area contributed by atoms with Crippen molar-refractivity contribution in [3.63, 3.8) is 0 Å². The van der Waals surface area contributed by atoms with E-state index in [4.69, 9.17) is 4.89 Å². The van der Waals surface area contributed by atoms with Gasteiger partial charge in [-0.05, 0) is 24.8 Å². The normalized spacial score (nSPS) is 11.4. The highest BCUT2D eigenvalue weighted by molar-refractivity contribution is 7.32. The van der Waals surface area contributed by atoms with Gasteiger partial charge in [0.1, 0.15) is 0 Å². The van der Waals surface area contributed by atoms with Crippen molar-refractivity contribution >= 4 is 8.25 Å². The molecule has 0 aromatic heterocycles. The van der Waals surface area contributed by atoms with E-state index in [0.29, 0.717) is 6.61 Å². The monoisotopic (exact) mass is 213 g/mol. The van der Waals surface area contributed by atoms with Crippen molar-refractivity contribution in [1.29, 1.82) is 0 Å². The Morgan fingerprint density at radius 1 is 1.21 bits per heavy atom. The van der Waals surface area contributed by atoms with Crippen LogP contribution < -0.4 is 0 Å². The van der Waals surface area contributed by atoms with Crippen LogP contribution in [0.25, 0.3) is 0 Å². The van der Waals surface area contributed by atoms with Crippen LogP contribution in [0.1, 0.15) is 18.4 Å². The van der Waals surface area contributed by atoms with Crippen molar-refractivity contribution in [3.05, 3.63) is 35.9 Å². The Balaban J connectivity index is 2.08. The molecule has 0 saturated heterocycles. The minimum Gasteiger partial charge on any atom is -0.298 e. The average molecular weight is 213 g/mol. The van der Waals surface area contributed by atoms with Crippen LogP contribution in [0, 0.1) is 0 Å². The molecule has 1 atom stereocenters. The quantitative estimate of drug-likeness (QED) is 0.583. The van der Waals surface area contributed by atoms with Gasteiger partial charge < -0.3 is 0 Å². The maximum absolute atomic E-state index is 10.2. The third kappa shape index (κ3) is 5.07. The molecule has 0 spiro atoms. The van der Waals surface area contributed by atoms with Crippen molar-refractivity contribution in [2.24, 2.45) is 0 Å². The van der Waals surface area contributed by atoms with Crippen LogP contribution in [0.5, 0.6) is 0 Å². The van der Waals surface area contributed by atoms with Crippen molar-refractivity contribution in [1.82, 2.24) is 0 Å². The zero-order chi connectivity index (χ0) is 10.2. The zero-order valence-electron chi connectivity index (χ0n) is 7.93. The molecule has 0 heterocycles. The molecule has 0 aliphatic rings. The largest absolute Gasteiger partial charge is 0.366 e. The van der Waals surface area contributed by atoms with Crippen molar-refractivity contribution in [2.45, 2.75) is 19.3 Å². The van der Waals surface area contributed by atoms with Gasteiger partial charge in [0.05, 0.1) is 6.61 Å². The molecule has 0 saturated carbocycles. The molecule has 0 aliphatic heterocycles. The first-order chi connectivity index (χ1) is 6.79. The highest BCUT2D eigenvalue weighted by Gasteiger charge is 1.95. The topological polar surface area (TPSA) is 46.5 Å². The van der Waals surface area contributed by atoms with E-state index >= 15 is 0 Å². The van der Waals surface area contributed by atoms with Gasteiger partial charge in [0.15, 0.2) is 0 Å². The number of aryl methyl sites for hydroxylation is 1. The summed E-state index contributed by atoms with van der Waals surface area (Å²) in [6.45, 7) is 0.360. The molecule has 0 bridgehead atoms. The number of rotatable bonds is 6. The standard InChI is InChI=1S/C10H14O3P/c11-14(12)13-9-5-4-8-10-6-2-1-3-7-10/h1-3,6-7H,4-5,8-9H2,(H,11,12). The van der Waals surface area contributed by atoms with Gasteiger partial charge in [-0.3, -0.25) is 9.42 Å². The molecular weight excluding hydrogens is 199 g/mol. The number of benzene rings is 1. The van der Waals surface area contributed by atoms with Crippen LogP contribution >= 0.6 is 8.25 Å². The van der Waals surface area contributed by atoms with Crippen LogP contribution in [0.15, 0.2) is 30.3 Å². The van der Waals surface area contributed by atoms with E-state index in [9.17, 15) is 4.57 Å². The van der Waals surface area contributed by atoms with Crippen LogP contribution in [-0.4, -0.2) is 11.5 Å². The van der Waals surface area contributed by atoms with Crippen LogP contribution in [-0.2, 0) is 15.5 Å². The minimum atomic E-state index is -2.42. The van der Waals surface area contributed by atoms with Gasteiger partial charge in [0.2, 0.25) is 0 Å². The van der Waals surface area contributed by atoms with Crippen LogP contribution in [0.4, 0.5) is 0 Å². The Morgan fingerprint density at radius 2 is 1.93 bits per heavy atom. The molecule has 1 N–H and O–H groups in total. The number of hydrogen-bond acceptors (Lipinski definition) is 2. The van der Waals surface area contributed by atoms with Crippen LogP contribution in [0.2, 0.25) is 0 Å². The molecule has 77 valence electrons. The van der Waals surface area contributed by atoms with Gasteiger partial charge in [-0.15, -0.1) is 0 Å². The number of hydrogen-bond donors (Lipinski definition) is 1. The molecule has 1 radical (unpaired) electrons.